The molecule has 8 nitrogen and oxygen atoms in total. The number of ether oxygens (including phenoxy) is 1. The van der Waals surface area contributed by atoms with Crippen LogP contribution in [0.3, 0.4) is 0 Å². The van der Waals surface area contributed by atoms with E-state index < -0.39 is 5.60 Å². The van der Waals surface area contributed by atoms with Crippen molar-refractivity contribution in [1.82, 2.24) is 15.3 Å². The Morgan fingerprint density at radius 3 is 2.61 bits per heavy atom. The molecule has 1 amide bonds. The van der Waals surface area contributed by atoms with Gasteiger partial charge in [0.05, 0.1) is 6.20 Å². The second-order valence-electron chi connectivity index (χ2n) is 12.4. The van der Waals surface area contributed by atoms with Crippen molar-refractivity contribution < 1.29 is 13.9 Å². The lowest BCUT2D eigenvalue weighted by Gasteiger charge is -2.60. The van der Waals surface area contributed by atoms with Gasteiger partial charge in [-0.3, -0.25) is 0 Å². The molecule has 3 N–H and O–H groups in total. The zero-order valence-electron chi connectivity index (χ0n) is 22.4. The number of rotatable bonds is 8. The highest BCUT2D eigenvalue weighted by Gasteiger charge is 2.55. The van der Waals surface area contributed by atoms with Gasteiger partial charge in [0.2, 0.25) is 5.95 Å². The number of alkyl carbamates (subject to hydrolysis) is 1. The average Bonchev–Trinajstić information content (AvgIpc) is 2.85. The van der Waals surface area contributed by atoms with E-state index in [1.807, 2.05) is 20.8 Å². The molecule has 4 saturated carbocycles. The Labute approximate surface area is 223 Å². The van der Waals surface area contributed by atoms with Gasteiger partial charge in [0.1, 0.15) is 28.9 Å². The number of nitrogens with zero attached hydrogens (tertiary/aromatic N) is 3. The van der Waals surface area contributed by atoms with Crippen LogP contribution >= 0.6 is 0 Å². The number of nitriles is 1. The molecule has 0 spiro atoms. The number of hydrogen-bond acceptors (Lipinski definition) is 7. The first-order valence-electron chi connectivity index (χ1n) is 13.6. The van der Waals surface area contributed by atoms with Crippen molar-refractivity contribution in [2.75, 3.05) is 23.7 Å². The third-order valence-electron chi connectivity index (χ3n) is 8.41. The summed E-state index contributed by atoms with van der Waals surface area (Å²) in [4.78, 5) is 21.0. The number of benzene rings is 1. The summed E-state index contributed by atoms with van der Waals surface area (Å²) in [6, 6.07) is 8.77. The monoisotopic (exact) mass is 520 g/mol. The predicted molar refractivity (Wildman–Crippen MR) is 143 cm³/mol. The third-order valence-corrected chi connectivity index (χ3v) is 8.41. The molecule has 1 aromatic carbocycles. The fourth-order valence-electron chi connectivity index (χ4n) is 7.13. The minimum atomic E-state index is -0.500. The van der Waals surface area contributed by atoms with Crippen molar-refractivity contribution in [3.05, 3.63) is 47.4 Å². The molecule has 202 valence electrons. The molecule has 0 radical (unpaired) electrons. The Morgan fingerprint density at radius 2 is 1.92 bits per heavy atom. The highest BCUT2D eigenvalue weighted by Crippen LogP contribution is 2.62. The fraction of sp³-hybridized carbons (Fsp3) is 0.586. The third kappa shape index (κ3) is 5.85. The van der Waals surface area contributed by atoms with Crippen molar-refractivity contribution in [2.24, 2.45) is 29.1 Å². The van der Waals surface area contributed by atoms with E-state index in [0.717, 1.165) is 19.4 Å². The molecule has 4 aliphatic rings. The fourth-order valence-corrected chi connectivity index (χ4v) is 7.13. The zero-order chi connectivity index (χ0) is 26.9. The number of hydrogen-bond donors (Lipinski definition) is 3. The minimum absolute atomic E-state index is 0.164. The van der Waals surface area contributed by atoms with Crippen LogP contribution in [0.1, 0.15) is 64.0 Å². The summed E-state index contributed by atoms with van der Waals surface area (Å²) >= 11 is 0. The van der Waals surface area contributed by atoms with Gasteiger partial charge in [0, 0.05) is 25.2 Å². The standard InChI is InChI=1S/C29H37FN6O2/c1-28(2,3)38-27(37)34-16-23-20-8-18-9-21(23)12-29(10-18,11-20)17-35-25-22(13-31)15-33-26(36-25)32-14-19-6-4-5-7-24(19)30/h4-7,15,18,20-21,23H,8-12,14,16-17H2,1-3H3,(H,34,37)(H2,32,33,35,36)/t18?,20-,21+,23?,29?. The van der Waals surface area contributed by atoms with E-state index in [0.29, 0.717) is 53.1 Å². The van der Waals surface area contributed by atoms with E-state index in [-0.39, 0.29) is 23.9 Å². The number of carbonyl (C=O) groups is 1. The molecule has 38 heavy (non-hydrogen) atoms. The lowest BCUT2D eigenvalue weighted by Crippen LogP contribution is -2.55. The predicted octanol–water partition coefficient (Wildman–Crippen LogP) is 5.48. The van der Waals surface area contributed by atoms with E-state index in [2.05, 4.69) is 32.0 Å². The van der Waals surface area contributed by atoms with Gasteiger partial charge in [0.25, 0.3) is 0 Å². The smallest absolute Gasteiger partial charge is 0.407 e. The second kappa shape index (κ2) is 10.4. The zero-order valence-corrected chi connectivity index (χ0v) is 22.4. The van der Waals surface area contributed by atoms with E-state index >= 15 is 0 Å². The maximum absolute atomic E-state index is 14.0. The summed E-state index contributed by atoms with van der Waals surface area (Å²) in [5, 5.41) is 19.2. The molecule has 2 aromatic rings. The lowest BCUT2D eigenvalue weighted by molar-refractivity contribution is -0.0874. The number of nitrogens with one attached hydrogen (secondary N) is 3. The van der Waals surface area contributed by atoms with Crippen LogP contribution in [0.15, 0.2) is 30.5 Å². The SMILES string of the molecule is CC(C)(C)OC(=O)NCC1[C@@H]2CC3C[C@H]1CC(CNc1nc(NCc4ccccc4F)ncc1C#N)(C3)C2. The van der Waals surface area contributed by atoms with E-state index in [4.69, 9.17) is 4.74 Å². The average molecular weight is 521 g/mol. The summed E-state index contributed by atoms with van der Waals surface area (Å²) in [7, 11) is 0. The number of halogens is 1. The van der Waals surface area contributed by atoms with Crippen LogP contribution in [0, 0.1) is 46.2 Å². The second-order valence-corrected chi connectivity index (χ2v) is 12.4. The molecule has 0 aliphatic heterocycles. The van der Waals surface area contributed by atoms with Crippen LogP contribution in [0.4, 0.5) is 21.0 Å². The summed E-state index contributed by atoms with van der Waals surface area (Å²) in [6.45, 7) is 7.31. The Kier molecular flexibility index (Phi) is 7.17. The molecule has 0 saturated heterocycles. The Bertz CT molecular complexity index is 1210. The molecular weight excluding hydrogens is 483 g/mol. The summed E-state index contributed by atoms with van der Waals surface area (Å²) in [5.41, 5.74) is 0.585. The van der Waals surface area contributed by atoms with Gasteiger partial charge >= 0.3 is 6.09 Å². The van der Waals surface area contributed by atoms with Gasteiger partial charge in [-0.25, -0.2) is 14.2 Å². The maximum atomic E-state index is 14.0. The molecule has 4 aliphatic carbocycles. The van der Waals surface area contributed by atoms with Crippen molar-refractivity contribution in [2.45, 2.75) is 65.0 Å². The molecule has 9 heteroatoms. The van der Waals surface area contributed by atoms with E-state index in [1.165, 1.54) is 31.5 Å². The molecule has 4 fully saturated rings. The Hall–Kier alpha value is -3.41. The topological polar surface area (TPSA) is 112 Å². The van der Waals surface area contributed by atoms with Gasteiger partial charge in [0.15, 0.2) is 0 Å². The van der Waals surface area contributed by atoms with Crippen LogP contribution in [-0.4, -0.2) is 34.8 Å². The van der Waals surface area contributed by atoms with E-state index in [1.54, 1.807) is 18.2 Å². The first kappa shape index (κ1) is 26.2. The van der Waals surface area contributed by atoms with Gasteiger partial charge in [-0.05, 0) is 88.0 Å². The van der Waals surface area contributed by atoms with Crippen molar-refractivity contribution in [3.63, 3.8) is 0 Å². The van der Waals surface area contributed by atoms with Crippen LogP contribution < -0.4 is 16.0 Å². The first-order valence-corrected chi connectivity index (χ1v) is 13.6. The van der Waals surface area contributed by atoms with Crippen molar-refractivity contribution in [3.8, 4) is 6.07 Å². The molecule has 5 atom stereocenters. The normalized spacial score (nSPS) is 27.4. The molecular formula is C29H37FN6O2. The molecule has 6 rings (SSSR count). The minimum Gasteiger partial charge on any atom is -0.444 e. The summed E-state index contributed by atoms with van der Waals surface area (Å²) in [6.07, 6.45) is 7.02. The largest absolute Gasteiger partial charge is 0.444 e. The van der Waals surface area contributed by atoms with Crippen molar-refractivity contribution in [1.29, 1.82) is 5.26 Å². The van der Waals surface area contributed by atoms with Crippen LogP contribution in [-0.2, 0) is 11.3 Å². The first-order chi connectivity index (χ1) is 18.1. The lowest BCUT2D eigenvalue weighted by atomic mass is 9.46. The van der Waals surface area contributed by atoms with Gasteiger partial charge in [-0.2, -0.15) is 10.2 Å². The van der Waals surface area contributed by atoms with Gasteiger partial charge in [-0.15, -0.1) is 0 Å². The highest BCUT2D eigenvalue weighted by atomic mass is 19.1. The number of amides is 1. The highest BCUT2D eigenvalue weighted by molar-refractivity contribution is 5.67. The van der Waals surface area contributed by atoms with Crippen LogP contribution in [0.5, 0.6) is 0 Å². The van der Waals surface area contributed by atoms with Crippen LogP contribution in [0.25, 0.3) is 0 Å². The van der Waals surface area contributed by atoms with Gasteiger partial charge < -0.3 is 20.7 Å². The maximum Gasteiger partial charge on any atom is 0.407 e. The summed E-state index contributed by atoms with van der Waals surface area (Å²) < 4.78 is 19.4. The van der Waals surface area contributed by atoms with Crippen LogP contribution in [0.2, 0.25) is 0 Å². The molecule has 1 aromatic heterocycles. The molecule has 4 bridgehead atoms. The molecule has 1 heterocycles. The summed E-state index contributed by atoms with van der Waals surface area (Å²) in [5.74, 6) is 2.94. The van der Waals surface area contributed by atoms with Crippen molar-refractivity contribution >= 4 is 17.9 Å². The molecule has 3 unspecified atom stereocenters. The van der Waals surface area contributed by atoms with E-state index in [9.17, 15) is 14.4 Å². The number of anilines is 2. The Balaban J connectivity index is 1.21. The van der Waals surface area contributed by atoms with Gasteiger partial charge in [-0.1, -0.05) is 18.2 Å². The number of aromatic nitrogens is 2. The Morgan fingerprint density at radius 1 is 1.18 bits per heavy atom. The quantitative estimate of drug-likeness (QED) is 0.423. The number of carbonyl (C=O) groups excluding carboxylic acids is 1.